The molecule has 4 atom stereocenters. The molecule has 60 valence electrons. The van der Waals surface area contributed by atoms with Crippen LogP contribution in [0, 0.1) is 0 Å². The van der Waals surface area contributed by atoms with Crippen molar-refractivity contribution in [3.05, 3.63) is 0 Å². The van der Waals surface area contributed by atoms with Crippen LogP contribution in [0.15, 0.2) is 0 Å². The van der Waals surface area contributed by atoms with Gasteiger partial charge in [-0.05, 0) is 6.92 Å². The molecule has 1 saturated heterocycles. The van der Waals surface area contributed by atoms with Gasteiger partial charge in [-0.15, -0.1) is 0 Å². The molecule has 0 saturated carbocycles. The lowest BCUT2D eigenvalue weighted by Gasteiger charge is -2.10. The number of hydrogen-bond donors (Lipinski definition) is 3. The third-order valence-electron chi connectivity index (χ3n) is 1.78. The highest BCUT2D eigenvalue weighted by atomic mass is 16.5. The smallest absolute Gasteiger partial charge is 0.111 e. The third kappa shape index (κ3) is 1.15. The summed E-state index contributed by atoms with van der Waals surface area (Å²) in [7, 11) is 0. The zero-order chi connectivity index (χ0) is 7.72. The van der Waals surface area contributed by atoms with Crippen molar-refractivity contribution in [2.24, 2.45) is 0 Å². The molecule has 1 rings (SSSR count). The fourth-order valence-electron chi connectivity index (χ4n) is 1.09. The van der Waals surface area contributed by atoms with Crippen molar-refractivity contribution < 1.29 is 20.1 Å². The molecule has 10 heavy (non-hydrogen) atoms. The molecular weight excluding hydrogens is 136 g/mol. The van der Waals surface area contributed by atoms with Crippen LogP contribution in [0.4, 0.5) is 0 Å². The summed E-state index contributed by atoms with van der Waals surface area (Å²) >= 11 is 0. The first-order valence-electron chi connectivity index (χ1n) is 3.29. The SMILES string of the molecule is C[C@H]1O[C@H](CO)[C@H](O)C1O. The molecular formula is C6H12O4. The van der Waals surface area contributed by atoms with E-state index < -0.39 is 18.3 Å². The Labute approximate surface area is 59.1 Å². The Morgan fingerprint density at radius 2 is 1.90 bits per heavy atom. The van der Waals surface area contributed by atoms with Crippen LogP contribution >= 0.6 is 0 Å². The van der Waals surface area contributed by atoms with Gasteiger partial charge in [0.2, 0.25) is 0 Å². The Morgan fingerprint density at radius 1 is 1.30 bits per heavy atom. The first kappa shape index (κ1) is 7.94. The molecule has 4 nitrogen and oxygen atoms in total. The summed E-state index contributed by atoms with van der Waals surface area (Å²) in [4.78, 5) is 0. The lowest BCUT2D eigenvalue weighted by atomic mass is 10.1. The molecule has 3 N–H and O–H groups in total. The molecule has 1 heterocycles. The average Bonchev–Trinajstić information content (AvgIpc) is 2.17. The Balaban J connectivity index is 2.53. The van der Waals surface area contributed by atoms with E-state index in [-0.39, 0.29) is 12.7 Å². The van der Waals surface area contributed by atoms with E-state index in [9.17, 15) is 0 Å². The normalized spacial score (nSPS) is 48.0. The molecule has 0 bridgehead atoms. The minimum absolute atomic E-state index is 0.247. The molecule has 0 aromatic carbocycles. The molecule has 1 aliphatic rings. The molecule has 1 unspecified atom stereocenters. The van der Waals surface area contributed by atoms with E-state index in [1.54, 1.807) is 6.92 Å². The van der Waals surface area contributed by atoms with Crippen molar-refractivity contribution in [2.45, 2.75) is 31.3 Å². The maximum absolute atomic E-state index is 9.09. The quantitative estimate of drug-likeness (QED) is 0.422. The lowest BCUT2D eigenvalue weighted by Crippen LogP contribution is -2.33. The van der Waals surface area contributed by atoms with Gasteiger partial charge in [0, 0.05) is 0 Å². The van der Waals surface area contributed by atoms with Gasteiger partial charge in [0.25, 0.3) is 0 Å². The summed E-state index contributed by atoms with van der Waals surface area (Å²) < 4.78 is 4.98. The van der Waals surface area contributed by atoms with Gasteiger partial charge < -0.3 is 20.1 Å². The maximum atomic E-state index is 9.09. The molecule has 1 fully saturated rings. The van der Waals surface area contributed by atoms with E-state index in [1.165, 1.54) is 0 Å². The zero-order valence-corrected chi connectivity index (χ0v) is 5.77. The van der Waals surface area contributed by atoms with Crippen LogP contribution in [-0.4, -0.2) is 46.3 Å². The second-order valence-corrected chi connectivity index (χ2v) is 2.54. The van der Waals surface area contributed by atoms with E-state index in [2.05, 4.69) is 0 Å². The van der Waals surface area contributed by atoms with Crippen molar-refractivity contribution in [3.8, 4) is 0 Å². The number of hydrogen-bond acceptors (Lipinski definition) is 4. The lowest BCUT2D eigenvalue weighted by molar-refractivity contribution is -0.0171. The van der Waals surface area contributed by atoms with Gasteiger partial charge in [-0.25, -0.2) is 0 Å². The van der Waals surface area contributed by atoms with Crippen molar-refractivity contribution in [1.82, 2.24) is 0 Å². The highest BCUT2D eigenvalue weighted by Gasteiger charge is 2.39. The molecule has 0 aliphatic carbocycles. The zero-order valence-electron chi connectivity index (χ0n) is 5.77. The summed E-state index contributed by atoms with van der Waals surface area (Å²) in [6.07, 6.45) is -2.81. The van der Waals surface area contributed by atoms with E-state index in [0.717, 1.165) is 0 Å². The molecule has 0 radical (unpaired) electrons. The second-order valence-electron chi connectivity index (χ2n) is 2.54. The molecule has 0 aromatic heterocycles. The molecule has 0 spiro atoms. The largest absolute Gasteiger partial charge is 0.394 e. The maximum Gasteiger partial charge on any atom is 0.111 e. The van der Waals surface area contributed by atoms with Gasteiger partial charge in [0.05, 0.1) is 12.7 Å². The number of aliphatic hydroxyl groups is 3. The first-order valence-corrected chi connectivity index (χ1v) is 3.29. The van der Waals surface area contributed by atoms with Crippen LogP contribution in [0.1, 0.15) is 6.92 Å². The summed E-state index contributed by atoms with van der Waals surface area (Å²) in [6, 6.07) is 0. The van der Waals surface area contributed by atoms with Gasteiger partial charge >= 0.3 is 0 Å². The van der Waals surface area contributed by atoms with E-state index >= 15 is 0 Å². The number of rotatable bonds is 1. The van der Waals surface area contributed by atoms with E-state index in [1.807, 2.05) is 0 Å². The fraction of sp³-hybridized carbons (Fsp3) is 1.00. The fourth-order valence-corrected chi connectivity index (χ4v) is 1.09. The van der Waals surface area contributed by atoms with Gasteiger partial charge in [-0.3, -0.25) is 0 Å². The van der Waals surface area contributed by atoms with Gasteiger partial charge in [-0.2, -0.15) is 0 Å². The Kier molecular flexibility index (Phi) is 2.25. The second kappa shape index (κ2) is 2.84. The average molecular weight is 148 g/mol. The number of ether oxygens (including phenoxy) is 1. The summed E-state index contributed by atoms with van der Waals surface area (Å²) in [5, 5.41) is 26.8. The van der Waals surface area contributed by atoms with Crippen LogP contribution in [0.5, 0.6) is 0 Å². The summed E-state index contributed by atoms with van der Waals surface area (Å²) in [6.45, 7) is 1.41. The van der Waals surface area contributed by atoms with Crippen LogP contribution in [0.2, 0.25) is 0 Å². The predicted octanol–water partition coefficient (Wildman–Crippen LogP) is -1.51. The van der Waals surface area contributed by atoms with Crippen molar-refractivity contribution in [2.75, 3.05) is 6.61 Å². The molecule has 0 aromatic rings. The predicted molar refractivity (Wildman–Crippen MR) is 33.4 cm³/mol. The summed E-state index contributed by atoms with van der Waals surface area (Å²) in [5.41, 5.74) is 0. The van der Waals surface area contributed by atoms with Gasteiger partial charge in [0.1, 0.15) is 18.3 Å². The summed E-state index contributed by atoms with van der Waals surface area (Å²) in [5.74, 6) is 0. The van der Waals surface area contributed by atoms with E-state index in [0.29, 0.717) is 0 Å². The third-order valence-corrected chi connectivity index (χ3v) is 1.78. The standard InChI is InChI=1S/C6H12O4/c1-3-5(8)6(9)4(2-7)10-3/h3-9H,2H2,1H3/t3-,4-,5?,6+/m1/s1. The van der Waals surface area contributed by atoms with Gasteiger partial charge in [-0.1, -0.05) is 0 Å². The Hall–Kier alpha value is -0.160. The van der Waals surface area contributed by atoms with Crippen molar-refractivity contribution in [3.63, 3.8) is 0 Å². The Morgan fingerprint density at radius 3 is 2.10 bits per heavy atom. The molecule has 0 amide bonds. The van der Waals surface area contributed by atoms with Crippen LogP contribution in [0.25, 0.3) is 0 Å². The molecule has 1 aliphatic heterocycles. The van der Waals surface area contributed by atoms with E-state index in [4.69, 9.17) is 20.1 Å². The van der Waals surface area contributed by atoms with Crippen LogP contribution < -0.4 is 0 Å². The first-order chi connectivity index (χ1) is 4.66. The minimum atomic E-state index is -0.944. The van der Waals surface area contributed by atoms with Crippen molar-refractivity contribution in [1.29, 1.82) is 0 Å². The molecule has 4 heteroatoms. The van der Waals surface area contributed by atoms with Crippen LogP contribution in [-0.2, 0) is 4.74 Å². The topological polar surface area (TPSA) is 69.9 Å². The van der Waals surface area contributed by atoms with Gasteiger partial charge in [0.15, 0.2) is 0 Å². The highest BCUT2D eigenvalue weighted by Crippen LogP contribution is 2.19. The Bertz CT molecular complexity index is 116. The highest BCUT2D eigenvalue weighted by molar-refractivity contribution is 4.87. The monoisotopic (exact) mass is 148 g/mol. The van der Waals surface area contributed by atoms with Crippen molar-refractivity contribution >= 4 is 0 Å². The van der Waals surface area contributed by atoms with Crippen LogP contribution in [0.3, 0.4) is 0 Å². The number of aliphatic hydroxyl groups excluding tert-OH is 3. The minimum Gasteiger partial charge on any atom is -0.394 e.